The molecule has 8 rings (SSSR count). The van der Waals surface area contributed by atoms with E-state index >= 15 is 0 Å². The largest absolute Gasteiger partial charge is 0.292 e. The lowest BCUT2D eigenvalue weighted by molar-refractivity contribution is 1.10. The molecule has 192 valence electrons. The maximum absolute atomic E-state index is 9.25. The monoisotopic (exact) mass is 535 g/mol. The molecule has 1 aromatic heterocycles. The predicted octanol–water partition coefficient (Wildman–Crippen LogP) is 10.3. The second-order valence-corrected chi connectivity index (χ2v) is 9.43. The van der Waals surface area contributed by atoms with Crippen LogP contribution in [0.15, 0.2) is 157 Å². The van der Waals surface area contributed by atoms with Crippen LogP contribution >= 0.6 is 0 Å². The van der Waals surface area contributed by atoms with E-state index in [1.807, 2.05) is 65.2 Å². The van der Waals surface area contributed by atoms with E-state index in [4.69, 9.17) is 17.3 Å². The maximum atomic E-state index is 9.25. The molecular formula is C39H26N2. The van der Waals surface area contributed by atoms with Crippen LogP contribution in [-0.4, -0.2) is 9.55 Å². The molecular weight excluding hydrogens is 496 g/mol. The lowest BCUT2D eigenvalue weighted by Gasteiger charge is -2.18. The van der Waals surface area contributed by atoms with Crippen molar-refractivity contribution in [2.45, 2.75) is 0 Å². The Morgan fingerprint density at radius 1 is 0.488 bits per heavy atom. The number of hydrogen-bond donors (Lipinski definition) is 0. The second kappa shape index (κ2) is 9.62. The van der Waals surface area contributed by atoms with Crippen molar-refractivity contribution in [3.8, 4) is 39.3 Å². The molecule has 0 aliphatic heterocycles. The van der Waals surface area contributed by atoms with Crippen molar-refractivity contribution in [1.82, 2.24) is 9.55 Å². The molecule has 0 N–H and O–H groups in total. The van der Waals surface area contributed by atoms with E-state index < -0.39 is 84.1 Å². The zero-order valence-corrected chi connectivity index (χ0v) is 21.4. The standard InChI is InChI=1S/C39H26N2/c1-3-14-27(15-4-1)37-31-20-7-9-22-33(31)38(34-23-10-8-21-32(34)37)29-18-13-19-30(26-29)41-36-25-12-11-24-35(36)40-39(41)28-16-5-2-6-17-28/h1-26H/i1D,3D,4D,7D,8D,9D,10D,14D,15D,20D,21D,22D,23D. The number of imidazole rings is 1. The fraction of sp³-hybridized carbons (Fsp3) is 0. The molecule has 0 unspecified atom stereocenters. The number of benzene rings is 7. The smallest absolute Gasteiger partial charge is 0.145 e. The molecule has 0 atom stereocenters. The number of rotatable bonds is 4. The molecule has 2 nitrogen and oxygen atoms in total. The highest BCUT2D eigenvalue weighted by atomic mass is 15.1. The topological polar surface area (TPSA) is 17.8 Å². The molecule has 0 amide bonds. The maximum Gasteiger partial charge on any atom is 0.145 e. The SMILES string of the molecule is [2H]c1c([2H])c([2H])c(-c2c3c([2H])c([2H])c([2H])c([2H])c3c(-c3cccc(-n4c(-c5ccccc5)nc5ccccc54)c3)c3c([2H])c([2H])c([2H])c([2H])c23)c([2H])c1[2H]. The van der Waals surface area contributed by atoms with E-state index in [-0.39, 0.29) is 32.7 Å². The van der Waals surface area contributed by atoms with Gasteiger partial charge in [0, 0.05) is 11.3 Å². The summed E-state index contributed by atoms with van der Waals surface area (Å²) in [5.41, 5.74) is 2.52. The fourth-order valence-electron chi connectivity index (χ4n) is 5.41. The van der Waals surface area contributed by atoms with Crippen LogP contribution in [0.1, 0.15) is 17.8 Å². The highest BCUT2D eigenvalue weighted by molar-refractivity contribution is 6.21. The van der Waals surface area contributed by atoms with Crippen LogP contribution in [0.2, 0.25) is 0 Å². The van der Waals surface area contributed by atoms with Gasteiger partial charge in [-0.2, -0.15) is 0 Å². The number of para-hydroxylation sites is 2. The number of hydrogen-bond acceptors (Lipinski definition) is 1. The Bertz CT molecular complexity index is 2810. The summed E-state index contributed by atoms with van der Waals surface area (Å²) >= 11 is 0. The van der Waals surface area contributed by atoms with Gasteiger partial charge in [-0.15, -0.1) is 0 Å². The Kier molecular flexibility index (Phi) is 3.22. The summed E-state index contributed by atoms with van der Waals surface area (Å²) in [6.45, 7) is 0. The van der Waals surface area contributed by atoms with Crippen molar-refractivity contribution in [3.63, 3.8) is 0 Å². The normalized spacial score (nSPS) is 15.9. The van der Waals surface area contributed by atoms with Crippen LogP contribution in [0.3, 0.4) is 0 Å². The highest BCUT2D eigenvalue weighted by Crippen LogP contribution is 2.44. The summed E-state index contributed by atoms with van der Waals surface area (Å²) in [4.78, 5) is 4.92. The Morgan fingerprint density at radius 3 is 1.73 bits per heavy atom. The summed E-state index contributed by atoms with van der Waals surface area (Å²) in [7, 11) is 0. The summed E-state index contributed by atoms with van der Waals surface area (Å²) in [6, 6.07) is 15.7. The van der Waals surface area contributed by atoms with E-state index in [9.17, 15) is 5.48 Å². The zero-order valence-electron chi connectivity index (χ0n) is 34.4. The van der Waals surface area contributed by atoms with Gasteiger partial charge in [0.25, 0.3) is 0 Å². The molecule has 0 aliphatic carbocycles. The van der Waals surface area contributed by atoms with Crippen LogP contribution < -0.4 is 0 Å². The minimum absolute atomic E-state index is 0.0580. The van der Waals surface area contributed by atoms with E-state index in [2.05, 4.69) is 0 Å². The van der Waals surface area contributed by atoms with Crippen LogP contribution in [0.25, 0.3) is 71.9 Å². The van der Waals surface area contributed by atoms with Crippen molar-refractivity contribution < 1.29 is 17.8 Å². The number of fused-ring (bicyclic) bond motifs is 3. The van der Waals surface area contributed by atoms with Crippen molar-refractivity contribution in [2.75, 3.05) is 0 Å². The Morgan fingerprint density at radius 2 is 1.05 bits per heavy atom. The van der Waals surface area contributed by atoms with Gasteiger partial charge >= 0.3 is 0 Å². The first-order chi connectivity index (χ1) is 25.8. The second-order valence-electron chi connectivity index (χ2n) is 9.43. The molecule has 8 aromatic rings. The van der Waals surface area contributed by atoms with Gasteiger partial charge in [0.15, 0.2) is 0 Å². The first kappa shape index (κ1) is 13.7. The third kappa shape index (κ3) is 3.84. The van der Waals surface area contributed by atoms with E-state index in [0.717, 1.165) is 11.1 Å². The van der Waals surface area contributed by atoms with E-state index in [0.29, 0.717) is 22.6 Å². The van der Waals surface area contributed by atoms with Gasteiger partial charge in [0.05, 0.1) is 28.9 Å². The minimum atomic E-state index is -0.715. The highest BCUT2D eigenvalue weighted by Gasteiger charge is 2.18. The van der Waals surface area contributed by atoms with Crippen molar-refractivity contribution in [2.24, 2.45) is 0 Å². The molecule has 0 radical (unpaired) electrons. The van der Waals surface area contributed by atoms with Crippen molar-refractivity contribution in [1.29, 1.82) is 0 Å². The van der Waals surface area contributed by atoms with Gasteiger partial charge in [-0.05, 0) is 68.1 Å². The van der Waals surface area contributed by atoms with Gasteiger partial charge in [-0.1, -0.05) is 133 Å². The van der Waals surface area contributed by atoms with Crippen LogP contribution in [0, 0.1) is 0 Å². The van der Waals surface area contributed by atoms with E-state index in [1.54, 1.807) is 18.2 Å². The molecule has 0 saturated heterocycles. The molecule has 1 heterocycles. The van der Waals surface area contributed by atoms with Gasteiger partial charge in [0.2, 0.25) is 0 Å². The third-order valence-electron chi connectivity index (χ3n) is 7.11. The quantitative estimate of drug-likeness (QED) is 0.205. The average Bonchev–Trinajstić information content (AvgIpc) is 3.58. The molecule has 0 fully saturated rings. The number of nitrogens with zero attached hydrogens (tertiary/aromatic N) is 2. The Hall–Kier alpha value is -5.47. The number of aromatic nitrogens is 2. The molecule has 0 bridgehead atoms. The Balaban J connectivity index is 1.61. The third-order valence-corrected chi connectivity index (χ3v) is 7.11. The predicted molar refractivity (Wildman–Crippen MR) is 172 cm³/mol. The zero-order chi connectivity index (χ0) is 38.5. The molecule has 7 aromatic carbocycles. The van der Waals surface area contributed by atoms with Crippen LogP contribution in [0.5, 0.6) is 0 Å². The average molecular weight is 536 g/mol. The first-order valence-corrected chi connectivity index (χ1v) is 12.9. The minimum Gasteiger partial charge on any atom is -0.292 e. The summed E-state index contributed by atoms with van der Waals surface area (Å²) in [5.74, 6) is 0.615. The van der Waals surface area contributed by atoms with Gasteiger partial charge < -0.3 is 0 Å². The molecule has 0 saturated carbocycles. The molecule has 0 aliphatic rings. The van der Waals surface area contributed by atoms with Crippen LogP contribution in [0.4, 0.5) is 0 Å². The molecule has 41 heavy (non-hydrogen) atoms. The Labute approximate surface area is 257 Å². The van der Waals surface area contributed by atoms with Gasteiger partial charge in [0.1, 0.15) is 5.82 Å². The van der Waals surface area contributed by atoms with Gasteiger partial charge in [-0.3, -0.25) is 4.57 Å². The summed E-state index contributed by atoms with van der Waals surface area (Å²) in [5, 5.41) is -0.793. The fourth-order valence-corrected chi connectivity index (χ4v) is 5.41. The summed E-state index contributed by atoms with van der Waals surface area (Å²) < 4.78 is 116. The van der Waals surface area contributed by atoms with Crippen molar-refractivity contribution in [3.05, 3.63) is 157 Å². The lowest BCUT2D eigenvalue weighted by atomic mass is 9.86. The summed E-state index contributed by atoms with van der Waals surface area (Å²) in [6.07, 6.45) is 0. The van der Waals surface area contributed by atoms with Crippen LogP contribution in [-0.2, 0) is 0 Å². The van der Waals surface area contributed by atoms with Crippen molar-refractivity contribution >= 4 is 32.6 Å². The van der Waals surface area contributed by atoms with E-state index in [1.165, 1.54) is 0 Å². The lowest BCUT2D eigenvalue weighted by Crippen LogP contribution is -1.98. The first-order valence-electron chi connectivity index (χ1n) is 19.4. The molecule has 0 spiro atoms. The molecule has 2 heteroatoms. The van der Waals surface area contributed by atoms with Gasteiger partial charge in [-0.25, -0.2) is 4.98 Å².